The highest BCUT2D eigenvalue weighted by atomic mass is 32.2. The number of rotatable bonds is 15. The van der Waals surface area contributed by atoms with Crippen molar-refractivity contribution >= 4 is 23.4 Å². The number of carbonyl (C=O) groups is 1. The molecule has 1 saturated carbocycles. The number of oxime groups is 1. The summed E-state index contributed by atoms with van der Waals surface area (Å²) < 4.78 is 10.4. The zero-order chi connectivity index (χ0) is 24.9. The molecule has 8 heteroatoms. The van der Waals surface area contributed by atoms with Crippen molar-refractivity contribution in [3.63, 3.8) is 0 Å². The maximum atomic E-state index is 11.6. The van der Waals surface area contributed by atoms with Gasteiger partial charge in [0.15, 0.2) is 0 Å². The smallest absolute Gasteiger partial charge is 0.306 e. The first kappa shape index (κ1) is 28.5. The molecule has 3 N–H and O–H groups in total. The van der Waals surface area contributed by atoms with E-state index in [9.17, 15) is 20.2 Å². The number of aliphatic hydroxyl groups is 2. The van der Waals surface area contributed by atoms with Gasteiger partial charge < -0.3 is 24.9 Å². The highest BCUT2D eigenvalue weighted by molar-refractivity contribution is 7.99. The Labute approximate surface area is 207 Å². The summed E-state index contributed by atoms with van der Waals surface area (Å²) in [4.78, 5) is 12.7. The Morgan fingerprint density at radius 1 is 1.21 bits per heavy atom. The molecule has 0 saturated heterocycles. The number of esters is 1. The molecular formula is C26H41NO6S. The van der Waals surface area contributed by atoms with E-state index in [-0.39, 0.29) is 23.9 Å². The summed E-state index contributed by atoms with van der Waals surface area (Å²) in [6.07, 6.45) is 5.56. The van der Waals surface area contributed by atoms with Crippen LogP contribution in [0.2, 0.25) is 0 Å². The summed E-state index contributed by atoms with van der Waals surface area (Å²) in [5.74, 6) is 1.24. The minimum absolute atomic E-state index is 0.0162. The molecule has 0 bridgehead atoms. The second-order valence-electron chi connectivity index (χ2n) is 9.35. The average molecular weight is 496 g/mol. The van der Waals surface area contributed by atoms with Crippen LogP contribution in [0, 0.1) is 11.8 Å². The molecule has 0 aromatic heterocycles. The third kappa shape index (κ3) is 9.84. The van der Waals surface area contributed by atoms with E-state index in [1.807, 2.05) is 38.1 Å². The molecule has 1 aliphatic carbocycles. The van der Waals surface area contributed by atoms with Gasteiger partial charge in [0, 0.05) is 29.4 Å². The van der Waals surface area contributed by atoms with Gasteiger partial charge in [0.05, 0.1) is 31.1 Å². The maximum Gasteiger partial charge on any atom is 0.306 e. The van der Waals surface area contributed by atoms with Crippen LogP contribution in [0.15, 0.2) is 34.3 Å². The average Bonchev–Trinajstić information content (AvgIpc) is 3.12. The van der Waals surface area contributed by atoms with Crippen LogP contribution in [0.4, 0.5) is 0 Å². The fourth-order valence-corrected chi connectivity index (χ4v) is 5.51. The standard InChI is InChI=1S/C26H41NO6S/c1-18(2)33-26(30)12-7-5-4-6-11-23-22(24(27-31)16-25(23)29)14-13-19(28)17-34-21-10-8-9-20(15-21)32-3/h8-10,15,18-19,22-23,25,28-29,31H,4-7,11-14,16-17H2,1-3H3/b27-24-. The van der Waals surface area contributed by atoms with E-state index in [1.165, 1.54) is 0 Å². The summed E-state index contributed by atoms with van der Waals surface area (Å²) in [6.45, 7) is 3.70. The van der Waals surface area contributed by atoms with Crippen molar-refractivity contribution in [1.82, 2.24) is 0 Å². The van der Waals surface area contributed by atoms with Gasteiger partial charge in [-0.05, 0) is 63.6 Å². The van der Waals surface area contributed by atoms with Crippen LogP contribution < -0.4 is 4.74 Å². The molecule has 0 radical (unpaired) electrons. The van der Waals surface area contributed by atoms with E-state index in [2.05, 4.69) is 5.16 Å². The number of benzene rings is 1. The van der Waals surface area contributed by atoms with Crippen LogP contribution in [-0.2, 0) is 9.53 Å². The molecule has 0 heterocycles. The molecule has 2 rings (SSSR count). The van der Waals surface area contributed by atoms with Gasteiger partial charge in [-0.15, -0.1) is 11.8 Å². The number of thioether (sulfide) groups is 1. The first-order valence-corrected chi connectivity index (χ1v) is 13.4. The number of nitrogens with zero attached hydrogens (tertiary/aromatic N) is 1. The van der Waals surface area contributed by atoms with Gasteiger partial charge in [0.1, 0.15) is 5.75 Å². The topological polar surface area (TPSA) is 109 Å². The van der Waals surface area contributed by atoms with Crippen molar-refractivity contribution in [2.75, 3.05) is 12.9 Å². The Hall–Kier alpha value is -1.77. The molecule has 34 heavy (non-hydrogen) atoms. The molecular weight excluding hydrogens is 454 g/mol. The molecule has 4 unspecified atom stereocenters. The van der Waals surface area contributed by atoms with Gasteiger partial charge in [-0.1, -0.05) is 30.5 Å². The number of aliphatic hydroxyl groups excluding tert-OH is 2. The minimum Gasteiger partial charge on any atom is -0.497 e. The summed E-state index contributed by atoms with van der Waals surface area (Å²) in [7, 11) is 1.63. The molecule has 192 valence electrons. The van der Waals surface area contributed by atoms with Gasteiger partial charge in [0.25, 0.3) is 0 Å². The van der Waals surface area contributed by atoms with Crippen molar-refractivity contribution in [2.24, 2.45) is 17.0 Å². The van der Waals surface area contributed by atoms with E-state index in [0.717, 1.165) is 42.7 Å². The van der Waals surface area contributed by atoms with Gasteiger partial charge in [-0.25, -0.2) is 0 Å². The lowest BCUT2D eigenvalue weighted by Gasteiger charge is -2.23. The molecule has 0 aliphatic heterocycles. The van der Waals surface area contributed by atoms with Crippen LogP contribution >= 0.6 is 11.8 Å². The molecule has 1 aromatic carbocycles. The second-order valence-corrected chi connectivity index (χ2v) is 10.4. The van der Waals surface area contributed by atoms with Gasteiger partial charge in [0.2, 0.25) is 0 Å². The van der Waals surface area contributed by atoms with Crippen LogP contribution in [0.5, 0.6) is 5.75 Å². The third-order valence-electron chi connectivity index (χ3n) is 6.32. The van der Waals surface area contributed by atoms with Crippen LogP contribution in [0.25, 0.3) is 0 Å². The van der Waals surface area contributed by atoms with Gasteiger partial charge in [-0.3, -0.25) is 4.79 Å². The predicted octanol–water partition coefficient (Wildman–Crippen LogP) is 5.05. The summed E-state index contributed by atoms with van der Waals surface area (Å²) in [6, 6.07) is 7.76. The molecule has 0 spiro atoms. The summed E-state index contributed by atoms with van der Waals surface area (Å²) in [5.41, 5.74) is 0.640. The van der Waals surface area contributed by atoms with Crippen molar-refractivity contribution in [3.8, 4) is 5.75 Å². The van der Waals surface area contributed by atoms with Crippen molar-refractivity contribution < 1.29 is 29.7 Å². The largest absolute Gasteiger partial charge is 0.497 e. The Kier molecular flexibility index (Phi) is 12.8. The molecule has 1 aliphatic rings. The Balaban J connectivity index is 1.74. The SMILES string of the molecule is COc1cccc(SCC(O)CCC2/C(=N\O)CC(O)C2CCCCCCC(=O)OC(C)C)c1. The fourth-order valence-electron chi connectivity index (χ4n) is 4.58. The highest BCUT2D eigenvalue weighted by Gasteiger charge is 2.39. The van der Waals surface area contributed by atoms with Crippen LogP contribution in [0.3, 0.4) is 0 Å². The monoisotopic (exact) mass is 495 g/mol. The number of carbonyl (C=O) groups excluding carboxylic acids is 1. The van der Waals surface area contributed by atoms with E-state index >= 15 is 0 Å². The van der Waals surface area contributed by atoms with Crippen LogP contribution in [-0.4, -0.2) is 58.3 Å². The normalized spacial score (nSPS) is 22.3. The van der Waals surface area contributed by atoms with E-state index in [1.54, 1.807) is 18.9 Å². The number of hydrogen-bond acceptors (Lipinski definition) is 8. The van der Waals surface area contributed by atoms with Crippen molar-refractivity contribution in [2.45, 2.75) is 94.8 Å². The Bertz CT molecular complexity index is 771. The van der Waals surface area contributed by atoms with E-state index in [0.29, 0.717) is 37.1 Å². The van der Waals surface area contributed by atoms with Crippen LogP contribution in [0.1, 0.15) is 71.6 Å². The molecule has 4 atom stereocenters. The molecule has 7 nitrogen and oxygen atoms in total. The fraction of sp³-hybridized carbons (Fsp3) is 0.692. The van der Waals surface area contributed by atoms with E-state index < -0.39 is 12.2 Å². The quantitative estimate of drug-likeness (QED) is 0.103. The zero-order valence-corrected chi connectivity index (χ0v) is 21.5. The number of hydrogen-bond donors (Lipinski definition) is 3. The lowest BCUT2D eigenvalue weighted by molar-refractivity contribution is -0.147. The van der Waals surface area contributed by atoms with Crippen molar-refractivity contribution in [3.05, 3.63) is 24.3 Å². The molecule has 0 amide bonds. The summed E-state index contributed by atoms with van der Waals surface area (Å²) >= 11 is 1.58. The number of unbranched alkanes of at least 4 members (excludes halogenated alkanes) is 3. The second kappa shape index (κ2) is 15.3. The van der Waals surface area contributed by atoms with E-state index in [4.69, 9.17) is 9.47 Å². The summed E-state index contributed by atoms with van der Waals surface area (Å²) in [5, 5.41) is 34.0. The predicted molar refractivity (Wildman–Crippen MR) is 135 cm³/mol. The van der Waals surface area contributed by atoms with Gasteiger partial charge in [-0.2, -0.15) is 0 Å². The lowest BCUT2D eigenvalue weighted by atomic mass is 9.85. The Morgan fingerprint density at radius 3 is 2.68 bits per heavy atom. The third-order valence-corrected chi connectivity index (χ3v) is 7.45. The van der Waals surface area contributed by atoms with Gasteiger partial charge >= 0.3 is 5.97 Å². The molecule has 1 aromatic rings. The highest BCUT2D eigenvalue weighted by Crippen LogP contribution is 2.37. The first-order chi connectivity index (χ1) is 16.3. The zero-order valence-electron chi connectivity index (χ0n) is 20.7. The lowest BCUT2D eigenvalue weighted by Crippen LogP contribution is -2.23. The molecule has 1 fully saturated rings. The Morgan fingerprint density at radius 2 is 1.97 bits per heavy atom. The minimum atomic E-state index is -0.514. The maximum absolute atomic E-state index is 11.6. The number of ether oxygens (including phenoxy) is 2. The first-order valence-electron chi connectivity index (χ1n) is 12.4. The van der Waals surface area contributed by atoms with Crippen molar-refractivity contribution in [1.29, 1.82) is 0 Å². The number of methoxy groups -OCH3 is 1.